The molecule has 1 aromatic carbocycles. The second-order valence-corrected chi connectivity index (χ2v) is 10.4. The first kappa shape index (κ1) is 23.1. The molecule has 1 N–H and O–H groups in total. The van der Waals surface area contributed by atoms with Crippen molar-refractivity contribution in [2.75, 3.05) is 18.4 Å². The largest absolute Gasteiger partial charge is 0.322 e. The zero-order chi connectivity index (χ0) is 23.4. The summed E-state index contributed by atoms with van der Waals surface area (Å²) in [5, 5.41) is 7.25. The fraction of sp³-hybridized carbons (Fsp3) is 0.375. The Labute approximate surface area is 194 Å². The van der Waals surface area contributed by atoms with Crippen molar-refractivity contribution in [3.63, 3.8) is 0 Å². The summed E-state index contributed by atoms with van der Waals surface area (Å²) in [7, 11) is -3.53. The molecule has 0 unspecified atom stereocenters. The lowest BCUT2D eigenvalue weighted by Gasteiger charge is -2.20. The van der Waals surface area contributed by atoms with Crippen LogP contribution in [0.15, 0.2) is 59.8 Å². The van der Waals surface area contributed by atoms with Crippen molar-refractivity contribution in [3.8, 4) is 5.82 Å². The van der Waals surface area contributed by atoms with Crippen molar-refractivity contribution >= 4 is 21.6 Å². The van der Waals surface area contributed by atoms with Gasteiger partial charge in [0, 0.05) is 25.0 Å². The van der Waals surface area contributed by atoms with Crippen LogP contribution in [0.4, 0.5) is 5.69 Å². The molecule has 3 aromatic rings. The molecular formula is C24H29N5O3S. The number of pyridine rings is 1. The zero-order valence-corrected chi connectivity index (χ0v) is 19.8. The normalized spacial score (nSPS) is 15.4. The maximum atomic E-state index is 13.0. The molecule has 0 spiro atoms. The molecule has 0 aliphatic carbocycles. The molecule has 3 heterocycles. The van der Waals surface area contributed by atoms with E-state index in [4.69, 9.17) is 0 Å². The summed E-state index contributed by atoms with van der Waals surface area (Å²) in [6, 6.07) is 11.9. The number of carbonyl (C=O) groups excluding carboxylic acids is 1. The van der Waals surface area contributed by atoms with Crippen LogP contribution in [-0.2, 0) is 10.0 Å². The number of nitrogens with zero attached hydrogens (tertiary/aromatic N) is 4. The molecule has 1 saturated heterocycles. The maximum absolute atomic E-state index is 13.0. The highest BCUT2D eigenvalue weighted by Crippen LogP contribution is 2.25. The zero-order valence-electron chi connectivity index (χ0n) is 18.9. The number of sulfonamides is 1. The average molecular weight is 468 g/mol. The molecule has 33 heavy (non-hydrogen) atoms. The number of hydrogen-bond acceptors (Lipinski definition) is 5. The minimum Gasteiger partial charge on any atom is -0.322 e. The molecule has 1 aliphatic rings. The van der Waals surface area contributed by atoms with Gasteiger partial charge in [-0.15, -0.1) is 0 Å². The topological polar surface area (TPSA) is 97.2 Å². The van der Waals surface area contributed by atoms with Gasteiger partial charge in [0.05, 0.1) is 22.3 Å². The first-order valence-corrected chi connectivity index (χ1v) is 12.7. The summed E-state index contributed by atoms with van der Waals surface area (Å²) in [6.07, 6.45) is 7.12. The van der Waals surface area contributed by atoms with Gasteiger partial charge in [-0.3, -0.25) is 4.79 Å². The van der Waals surface area contributed by atoms with Gasteiger partial charge in [0.1, 0.15) is 0 Å². The van der Waals surface area contributed by atoms with Crippen molar-refractivity contribution in [1.29, 1.82) is 0 Å². The van der Waals surface area contributed by atoms with Gasteiger partial charge in [0.25, 0.3) is 5.91 Å². The fourth-order valence-electron chi connectivity index (χ4n) is 4.09. The SMILES string of the molecule is CC(C)c1c(C(=O)Nc2ccc(S(=O)(=O)N3CCCCCC3)cc2)cnn1-c1ccccn1. The molecule has 0 atom stereocenters. The van der Waals surface area contributed by atoms with E-state index in [0.29, 0.717) is 30.2 Å². The molecule has 0 saturated carbocycles. The third-order valence-corrected chi connectivity index (χ3v) is 7.69. The van der Waals surface area contributed by atoms with Crippen LogP contribution in [0.5, 0.6) is 0 Å². The van der Waals surface area contributed by atoms with Gasteiger partial charge in [0.2, 0.25) is 10.0 Å². The Kier molecular flexibility index (Phi) is 6.90. The van der Waals surface area contributed by atoms with E-state index >= 15 is 0 Å². The molecule has 174 valence electrons. The van der Waals surface area contributed by atoms with Crippen molar-refractivity contribution in [2.24, 2.45) is 0 Å². The molecular weight excluding hydrogens is 438 g/mol. The lowest BCUT2D eigenvalue weighted by Crippen LogP contribution is -2.31. The Bertz CT molecular complexity index is 1200. The fourth-order valence-corrected chi connectivity index (χ4v) is 5.61. The molecule has 8 nitrogen and oxygen atoms in total. The summed E-state index contributed by atoms with van der Waals surface area (Å²) in [6.45, 7) is 5.10. The third kappa shape index (κ3) is 4.99. The maximum Gasteiger partial charge on any atom is 0.259 e. The predicted octanol–water partition coefficient (Wildman–Crippen LogP) is 4.21. The summed E-state index contributed by atoms with van der Waals surface area (Å²) in [4.78, 5) is 17.6. The lowest BCUT2D eigenvalue weighted by molar-refractivity contribution is 0.102. The molecule has 0 bridgehead atoms. The second kappa shape index (κ2) is 9.84. The average Bonchev–Trinajstić information content (AvgIpc) is 3.08. The summed E-state index contributed by atoms with van der Waals surface area (Å²) in [5.74, 6) is 0.378. The number of aromatic nitrogens is 3. The Hall–Kier alpha value is -3.04. The van der Waals surface area contributed by atoms with Gasteiger partial charge >= 0.3 is 0 Å². The van der Waals surface area contributed by atoms with Crippen LogP contribution in [0.3, 0.4) is 0 Å². The first-order chi connectivity index (χ1) is 15.9. The Morgan fingerprint density at radius 2 is 1.70 bits per heavy atom. The van der Waals surface area contributed by atoms with E-state index in [1.54, 1.807) is 39.4 Å². The highest BCUT2D eigenvalue weighted by Gasteiger charge is 2.25. The molecule has 2 aromatic heterocycles. The smallest absolute Gasteiger partial charge is 0.259 e. The highest BCUT2D eigenvalue weighted by molar-refractivity contribution is 7.89. The van der Waals surface area contributed by atoms with Gasteiger partial charge in [-0.05, 0) is 55.2 Å². The monoisotopic (exact) mass is 467 g/mol. The van der Waals surface area contributed by atoms with Crippen LogP contribution < -0.4 is 5.32 Å². The Morgan fingerprint density at radius 1 is 1.00 bits per heavy atom. The lowest BCUT2D eigenvalue weighted by atomic mass is 10.1. The number of hydrogen-bond donors (Lipinski definition) is 1. The van der Waals surface area contributed by atoms with E-state index in [0.717, 1.165) is 31.4 Å². The van der Waals surface area contributed by atoms with E-state index in [1.165, 1.54) is 6.20 Å². The van der Waals surface area contributed by atoms with Crippen LogP contribution >= 0.6 is 0 Å². The van der Waals surface area contributed by atoms with Gasteiger partial charge in [-0.1, -0.05) is 32.8 Å². The molecule has 4 rings (SSSR count). The predicted molar refractivity (Wildman–Crippen MR) is 127 cm³/mol. The van der Waals surface area contributed by atoms with Crippen molar-refractivity contribution in [2.45, 2.75) is 50.3 Å². The van der Waals surface area contributed by atoms with Gasteiger partial charge < -0.3 is 5.32 Å². The second-order valence-electron chi connectivity index (χ2n) is 8.49. The minimum atomic E-state index is -3.53. The summed E-state index contributed by atoms with van der Waals surface area (Å²) >= 11 is 0. The third-order valence-electron chi connectivity index (χ3n) is 5.78. The van der Waals surface area contributed by atoms with Crippen LogP contribution in [-0.4, -0.2) is 46.5 Å². The van der Waals surface area contributed by atoms with E-state index in [1.807, 2.05) is 32.0 Å². The van der Waals surface area contributed by atoms with Crippen LogP contribution in [0.1, 0.15) is 61.5 Å². The number of nitrogens with one attached hydrogen (secondary N) is 1. The molecule has 1 fully saturated rings. The van der Waals surface area contributed by atoms with Crippen molar-refractivity contribution < 1.29 is 13.2 Å². The first-order valence-electron chi connectivity index (χ1n) is 11.3. The van der Waals surface area contributed by atoms with Crippen molar-refractivity contribution in [1.82, 2.24) is 19.1 Å². The van der Waals surface area contributed by atoms with E-state index < -0.39 is 10.0 Å². The van der Waals surface area contributed by atoms with Crippen molar-refractivity contribution in [3.05, 3.63) is 66.1 Å². The number of carbonyl (C=O) groups is 1. The quantitative estimate of drug-likeness (QED) is 0.586. The van der Waals surface area contributed by atoms with Crippen LogP contribution in [0.25, 0.3) is 5.82 Å². The van der Waals surface area contributed by atoms with Gasteiger partial charge in [-0.25, -0.2) is 18.1 Å². The minimum absolute atomic E-state index is 0.0383. The van der Waals surface area contributed by atoms with Crippen LogP contribution in [0, 0.1) is 0 Å². The summed E-state index contributed by atoms with van der Waals surface area (Å²) in [5.41, 5.74) is 1.73. The number of anilines is 1. The van der Waals surface area contributed by atoms with E-state index in [9.17, 15) is 13.2 Å². The number of rotatable bonds is 6. The van der Waals surface area contributed by atoms with Gasteiger partial charge in [-0.2, -0.15) is 9.40 Å². The summed E-state index contributed by atoms with van der Waals surface area (Å²) < 4.78 is 29.2. The molecule has 0 radical (unpaired) electrons. The number of amides is 1. The Morgan fingerprint density at radius 3 is 2.30 bits per heavy atom. The molecule has 9 heteroatoms. The highest BCUT2D eigenvalue weighted by atomic mass is 32.2. The molecule has 1 amide bonds. The Balaban J connectivity index is 1.53. The van der Waals surface area contributed by atoms with Crippen LogP contribution in [0.2, 0.25) is 0 Å². The molecule has 1 aliphatic heterocycles. The van der Waals surface area contributed by atoms with Gasteiger partial charge in [0.15, 0.2) is 5.82 Å². The van der Waals surface area contributed by atoms with E-state index in [-0.39, 0.29) is 16.7 Å². The number of benzene rings is 1. The standard InChI is InChI=1S/C24H29N5O3S/c1-18(2)23-21(17-26-29(23)22-9-5-6-14-25-22)24(30)27-19-10-12-20(13-11-19)33(31,32)28-15-7-3-4-8-16-28/h5-6,9-14,17-18H,3-4,7-8,15-16H2,1-2H3,(H,27,30). The van der Waals surface area contributed by atoms with E-state index in [2.05, 4.69) is 15.4 Å².